The SMILES string of the molecule is CC1(C)C=Cc2c(ccc3c2[N+]([O-])=C2C3=C[C@@]34NC(=O)C5(CCCN5C3=O)CC4C2(C)C)O1. The third kappa shape index (κ3) is 1.98. The maximum absolute atomic E-state index is 13.9. The maximum Gasteiger partial charge on any atom is 0.253 e. The van der Waals surface area contributed by atoms with E-state index in [1.165, 1.54) is 0 Å². The van der Waals surface area contributed by atoms with Crippen LogP contribution in [0.2, 0.25) is 0 Å². The number of piperazine rings is 1. The first kappa shape index (κ1) is 19.4. The van der Waals surface area contributed by atoms with Gasteiger partial charge in [-0.3, -0.25) is 9.59 Å². The van der Waals surface area contributed by atoms with Crippen molar-refractivity contribution in [2.24, 2.45) is 11.3 Å². The number of carbonyl (C=O) groups is 2. The number of fused-ring (bicyclic) bond motifs is 6. The van der Waals surface area contributed by atoms with Gasteiger partial charge in [-0.2, -0.15) is 4.74 Å². The molecular weight excluding hydrogens is 418 g/mol. The van der Waals surface area contributed by atoms with Crippen LogP contribution in [0.4, 0.5) is 5.69 Å². The van der Waals surface area contributed by atoms with Crippen molar-refractivity contribution in [2.45, 2.75) is 63.6 Å². The third-order valence-corrected chi connectivity index (χ3v) is 8.93. The second-order valence-electron chi connectivity index (χ2n) is 11.5. The van der Waals surface area contributed by atoms with Crippen molar-refractivity contribution in [3.8, 4) is 5.75 Å². The highest BCUT2D eigenvalue weighted by molar-refractivity contribution is 6.30. The molecule has 6 aliphatic heterocycles. The first-order chi connectivity index (χ1) is 15.5. The number of rotatable bonds is 0. The van der Waals surface area contributed by atoms with Gasteiger partial charge in [0.2, 0.25) is 17.3 Å². The fourth-order valence-corrected chi connectivity index (χ4v) is 7.43. The number of amides is 2. The van der Waals surface area contributed by atoms with Gasteiger partial charge in [0, 0.05) is 12.5 Å². The molecule has 170 valence electrons. The molecule has 2 unspecified atom stereocenters. The van der Waals surface area contributed by atoms with Crippen molar-refractivity contribution in [2.75, 3.05) is 6.54 Å². The van der Waals surface area contributed by atoms with Crippen LogP contribution >= 0.6 is 0 Å². The van der Waals surface area contributed by atoms with Gasteiger partial charge in [0.25, 0.3) is 5.91 Å². The van der Waals surface area contributed by atoms with Crippen LogP contribution in [0.5, 0.6) is 5.75 Å². The van der Waals surface area contributed by atoms with Gasteiger partial charge >= 0.3 is 0 Å². The number of ether oxygens (including phenoxy) is 1. The van der Waals surface area contributed by atoms with Gasteiger partial charge in [-0.05, 0) is 77.3 Å². The molecule has 0 saturated carbocycles. The zero-order chi connectivity index (χ0) is 23.1. The molecule has 7 nitrogen and oxygen atoms in total. The zero-order valence-corrected chi connectivity index (χ0v) is 19.3. The monoisotopic (exact) mass is 445 g/mol. The van der Waals surface area contributed by atoms with Gasteiger partial charge in [-0.1, -0.05) is 0 Å². The molecule has 1 N–H and O–H groups in total. The molecule has 8 rings (SSSR count). The Hall–Kier alpha value is -3.09. The number of carbonyl (C=O) groups excluding carboxylic acids is 2. The van der Waals surface area contributed by atoms with Crippen LogP contribution in [0.3, 0.4) is 0 Å². The summed E-state index contributed by atoms with van der Waals surface area (Å²) in [4.78, 5) is 29.0. The summed E-state index contributed by atoms with van der Waals surface area (Å²) < 4.78 is 7.18. The van der Waals surface area contributed by atoms with Crippen molar-refractivity contribution >= 4 is 34.9 Å². The van der Waals surface area contributed by atoms with Crippen molar-refractivity contribution in [1.82, 2.24) is 10.2 Å². The molecule has 0 aromatic heterocycles. The first-order valence-electron chi connectivity index (χ1n) is 11.8. The molecule has 7 aliphatic rings. The molecule has 2 bridgehead atoms. The standard InChI is InChI=1S/C26H27N3O4/c1-23(2)10-8-15-17(33-23)7-6-14-16-12-26-18(24(3,4)20(16)29(32)19(14)15)13-25(21(30)27-26)9-5-11-28(25)22(26)31/h6-8,10,12,18H,5,9,11,13H2,1-4H3,(H,27,30)/t18?,25?,26-/m0/s1. The molecular formula is C26H27N3O4. The van der Waals surface area contributed by atoms with Crippen LogP contribution in [-0.4, -0.2) is 50.4 Å². The molecule has 1 aliphatic carbocycles. The van der Waals surface area contributed by atoms with E-state index in [1.54, 1.807) is 0 Å². The summed E-state index contributed by atoms with van der Waals surface area (Å²) in [6.07, 6.45) is 7.93. The summed E-state index contributed by atoms with van der Waals surface area (Å²) in [5.74, 6) is 0.424. The smallest absolute Gasteiger partial charge is 0.253 e. The summed E-state index contributed by atoms with van der Waals surface area (Å²) in [5, 5.41) is 17.0. The fraction of sp³-hybridized carbons (Fsp3) is 0.500. The van der Waals surface area contributed by atoms with Crippen molar-refractivity contribution in [3.05, 3.63) is 40.6 Å². The van der Waals surface area contributed by atoms with Gasteiger partial charge in [-0.15, -0.1) is 0 Å². The van der Waals surface area contributed by atoms with Crippen LogP contribution in [0.25, 0.3) is 11.6 Å². The minimum absolute atomic E-state index is 0.0238. The number of hydrogen-bond donors (Lipinski definition) is 1. The highest BCUT2D eigenvalue weighted by Gasteiger charge is 2.74. The van der Waals surface area contributed by atoms with Gasteiger partial charge in [-0.25, -0.2) is 0 Å². The quantitative estimate of drug-likeness (QED) is 0.491. The number of piperidine rings is 2. The molecule has 2 amide bonds. The van der Waals surface area contributed by atoms with Crippen molar-refractivity contribution in [1.29, 1.82) is 0 Å². The number of nitrogens with zero attached hydrogens (tertiary/aromatic N) is 2. The van der Waals surface area contributed by atoms with Gasteiger partial charge in [0.15, 0.2) is 0 Å². The lowest BCUT2D eigenvalue weighted by atomic mass is 9.51. The van der Waals surface area contributed by atoms with Crippen LogP contribution in [0.15, 0.2) is 24.3 Å². The molecule has 3 atom stereocenters. The largest absolute Gasteiger partial charge is 0.618 e. The van der Waals surface area contributed by atoms with E-state index in [9.17, 15) is 14.8 Å². The zero-order valence-electron chi connectivity index (χ0n) is 19.3. The molecule has 1 aromatic rings. The summed E-state index contributed by atoms with van der Waals surface area (Å²) >= 11 is 0. The molecule has 0 radical (unpaired) electrons. The minimum Gasteiger partial charge on any atom is -0.618 e. The predicted molar refractivity (Wildman–Crippen MR) is 123 cm³/mol. The lowest BCUT2D eigenvalue weighted by molar-refractivity contribution is -0.362. The Balaban J connectivity index is 1.49. The number of allylic oxidation sites excluding steroid dienone is 1. The van der Waals surface area contributed by atoms with Gasteiger partial charge < -0.3 is 20.2 Å². The summed E-state index contributed by atoms with van der Waals surface area (Å²) in [5.41, 5.74) is 0.613. The summed E-state index contributed by atoms with van der Waals surface area (Å²) in [6, 6.07) is 3.82. The van der Waals surface area contributed by atoms with Gasteiger partial charge in [0.05, 0.1) is 22.1 Å². The maximum atomic E-state index is 13.9. The van der Waals surface area contributed by atoms with E-state index in [2.05, 4.69) is 19.2 Å². The van der Waals surface area contributed by atoms with E-state index in [0.717, 1.165) is 27.9 Å². The van der Waals surface area contributed by atoms with Crippen LogP contribution < -0.4 is 10.1 Å². The van der Waals surface area contributed by atoms with Crippen molar-refractivity contribution < 1.29 is 19.1 Å². The highest BCUT2D eigenvalue weighted by Crippen LogP contribution is 2.61. The molecule has 4 saturated heterocycles. The van der Waals surface area contributed by atoms with Crippen LogP contribution in [0.1, 0.15) is 58.1 Å². The van der Waals surface area contributed by atoms with Crippen molar-refractivity contribution in [3.63, 3.8) is 0 Å². The van der Waals surface area contributed by atoms with E-state index in [-0.39, 0.29) is 17.7 Å². The van der Waals surface area contributed by atoms with Gasteiger partial charge in [0.1, 0.15) is 22.4 Å². The lowest BCUT2D eigenvalue weighted by Crippen LogP contribution is -2.83. The first-order valence-corrected chi connectivity index (χ1v) is 11.8. The van der Waals surface area contributed by atoms with Crippen LogP contribution in [-0.2, 0) is 9.59 Å². The Labute approximate surface area is 192 Å². The topological polar surface area (TPSA) is 84.7 Å². The number of hydrogen-bond acceptors (Lipinski definition) is 4. The average Bonchev–Trinajstić information content (AvgIpc) is 3.29. The Kier molecular flexibility index (Phi) is 3.14. The average molecular weight is 446 g/mol. The molecule has 1 aromatic carbocycles. The summed E-state index contributed by atoms with van der Waals surface area (Å²) in [7, 11) is 0. The molecule has 6 heterocycles. The Morgan fingerprint density at radius 3 is 2.79 bits per heavy atom. The highest BCUT2D eigenvalue weighted by atomic mass is 16.5. The summed E-state index contributed by atoms with van der Waals surface area (Å²) in [6.45, 7) is 8.69. The van der Waals surface area contributed by atoms with E-state index in [0.29, 0.717) is 36.5 Å². The number of benzene rings is 1. The Bertz CT molecular complexity index is 1300. The predicted octanol–water partition coefficient (Wildman–Crippen LogP) is 3.14. The number of nitrogens with one attached hydrogen (secondary N) is 1. The Morgan fingerprint density at radius 2 is 2.00 bits per heavy atom. The van der Waals surface area contributed by atoms with E-state index < -0.39 is 22.1 Å². The molecule has 7 heteroatoms. The van der Waals surface area contributed by atoms with Crippen LogP contribution in [0, 0.1) is 16.5 Å². The molecule has 4 fully saturated rings. The second-order valence-corrected chi connectivity index (χ2v) is 11.5. The third-order valence-electron chi connectivity index (χ3n) is 8.93. The Morgan fingerprint density at radius 1 is 1.21 bits per heavy atom. The lowest BCUT2D eigenvalue weighted by Gasteiger charge is -2.62. The second kappa shape index (κ2) is 5.34. The van der Waals surface area contributed by atoms with E-state index >= 15 is 0 Å². The molecule has 33 heavy (non-hydrogen) atoms. The fourth-order valence-electron chi connectivity index (χ4n) is 7.43. The van der Waals surface area contributed by atoms with E-state index in [4.69, 9.17) is 4.74 Å². The van der Waals surface area contributed by atoms with E-state index in [1.807, 2.05) is 49.1 Å². The normalized spacial score (nSPS) is 35.8. The molecule has 2 spiro atoms. The minimum atomic E-state index is -1.11.